The van der Waals surface area contributed by atoms with E-state index in [1.54, 1.807) is 12.3 Å². The smallest absolute Gasteiger partial charge is 0.339 e. The van der Waals surface area contributed by atoms with Gasteiger partial charge < -0.3 is 9.64 Å². The van der Waals surface area contributed by atoms with Gasteiger partial charge in [-0.25, -0.2) is 4.79 Å². The number of carbonyl (C=O) groups is 1. The molecule has 1 aliphatic rings. The molecule has 0 atom stereocenters. The van der Waals surface area contributed by atoms with Crippen molar-refractivity contribution in [3.05, 3.63) is 60.2 Å². The second-order valence-electron chi connectivity index (χ2n) is 3.90. The molecule has 1 aromatic heterocycles. The van der Waals surface area contributed by atoms with E-state index in [-0.39, 0.29) is 5.97 Å². The van der Waals surface area contributed by atoms with Crippen molar-refractivity contribution in [3.8, 4) is 0 Å². The van der Waals surface area contributed by atoms with Gasteiger partial charge in [-0.2, -0.15) is 4.57 Å². The maximum absolute atomic E-state index is 11.4. The third-order valence-electron chi connectivity index (χ3n) is 2.61. The van der Waals surface area contributed by atoms with Crippen molar-refractivity contribution in [1.82, 2.24) is 4.90 Å². The lowest BCUT2D eigenvalue weighted by Crippen LogP contribution is -2.27. The molecule has 0 aromatic carbocycles. The maximum atomic E-state index is 11.4. The molecule has 0 radical (unpaired) electrons. The first-order valence-electron chi connectivity index (χ1n) is 5.59. The summed E-state index contributed by atoms with van der Waals surface area (Å²) in [5.41, 5.74) is 1.52. The molecule has 0 aliphatic carbocycles. The summed E-state index contributed by atoms with van der Waals surface area (Å²) in [6.45, 7) is 0. The van der Waals surface area contributed by atoms with Crippen LogP contribution in [0.15, 0.2) is 60.2 Å². The number of nitrogens with zero attached hydrogens (tertiary/aromatic N) is 2. The van der Waals surface area contributed by atoms with Crippen molar-refractivity contribution in [2.24, 2.45) is 0 Å². The third kappa shape index (κ3) is 2.66. The minimum Gasteiger partial charge on any atom is -0.465 e. The van der Waals surface area contributed by atoms with Crippen LogP contribution in [0.5, 0.6) is 0 Å². The van der Waals surface area contributed by atoms with Gasteiger partial charge >= 0.3 is 5.97 Å². The summed E-state index contributed by atoms with van der Waals surface area (Å²) < 4.78 is 6.63. The Labute approximate surface area is 106 Å². The zero-order valence-corrected chi connectivity index (χ0v) is 10.4. The highest BCUT2D eigenvalue weighted by Crippen LogP contribution is 2.15. The van der Waals surface area contributed by atoms with Crippen molar-refractivity contribution in [1.29, 1.82) is 0 Å². The molecule has 18 heavy (non-hydrogen) atoms. The maximum Gasteiger partial charge on any atom is 0.339 e. The van der Waals surface area contributed by atoms with E-state index >= 15 is 0 Å². The number of rotatable bonds is 2. The number of hydrogen-bond donors (Lipinski definition) is 0. The Balaban J connectivity index is 2.21. The Morgan fingerprint density at radius 3 is 2.61 bits per heavy atom. The van der Waals surface area contributed by atoms with E-state index in [2.05, 4.69) is 4.74 Å². The summed E-state index contributed by atoms with van der Waals surface area (Å²) in [7, 11) is 3.27. The number of methoxy groups -OCH3 is 1. The fourth-order valence-corrected chi connectivity index (χ4v) is 1.64. The average molecular weight is 243 g/mol. The molecule has 2 rings (SSSR count). The van der Waals surface area contributed by atoms with Gasteiger partial charge in [-0.3, -0.25) is 0 Å². The van der Waals surface area contributed by atoms with Crippen molar-refractivity contribution in [2.45, 2.75) is 0 Å². The van der Waals surface area contributed by atoms with Crippen LogP contribution in [-0.4, -0.2) is 25.0 Å². The molecular weight excluding hydrogens is 228 g/mol. The fraction of sp³-hybridized carbons (Fsp3) is 0.143. The molecule has 4 nitrogen and oxygen atoms in total. The van der Waals surface area contributed by atoms with E-state index in [1.165, 1.54) is 7.11 Å². The molecule has 0 unspecified atom stereocenters. The molecule has 0 fully saturated rings. The molecule has 0 saturated heterocycles. The summed E-state index contributed by atoms with van der Waals surface area (Å²) in [6.07, 6.45) is 11.3. The molecule has 0 saturated carbocycles. The van der Waals surface area contributed by atoms with Crippen LogP contribution < -0.4 is 4.57 Å². The van der Waals surface area contributed by atoms with E-state index < -0.39 is 0 Å². The highest BCUT2D eigenvalue weighted by atomic mass is 16.5. The SMILES string of the molecule is COC(=O)C1=CN(C)/C(=C\[n+]2ccccc2)C=C1. The molecule has 1 aromatic rings. The Morgan fingerprint density at radius 2 is 2.00 bits per heavy atom. The number of ether oxygens (including phenoxy) is 1. The van der Waals surface area contributed by atoms with E-state index in [4.69, 9.17) is 0 Å². The summed E-state index contributed by atoms with van der Waals surface area (Å²) in [6, 6.07) is 5.88. The van der Waals surface area contributed by atoms with Crippen LogP contribution in [0.1, 0.15) is 0 Å². The van der Waals surface area contributed by atoms with Gasteiger partial charge in [0, 0.05) is 25.4 Å². The van der Waals surface area contributed by atoms with Gasteiger partial charge in [0.25, 0.3) is 0 Å². The molecule has 0 N–H and O–H groups in total. The number of allylic oxidation sites excluding steroid dienone is 1. The number of aromatic nitrogens is 1. The van der Waals surface area contributed by atoms with Gasteiger partial charge in [-0.1, -0.05) is 6.07 Å². The van der Waals surface area contributed by atoms with Crippen molar-refractivity contribution < 1.29 is 14.1 Å². The first-order valence-corrected chi connectivity index (χ1v) is 5.59. The topological polar surface area (TPSA) is 33.4 Å². The predicted octanol–water partition coefficient (Wildman–Crippen LogP) is 1.33. The first kappa shape index (κ1) is 12.1. The second kappa shape index (κ2) is 5.31. The highest BCUT2D eigenvalue weighted by molar-refractivity contribution is 5.91. The van der Waals surface area contributed by atoms with Gasteiger partial charge in [0.1, 0.15) is 5.70 Å². The van der Waals surface area contributed by atoms with E-state index in [9.17, 15) is 4.79 Å². The van der Waals surface area contributed by atoms with Crippen LogP contribution >= 0.6 is 0 Å². The predicted molar refractivity (Wildman–Crippen MR) is 67.9 cm³/mol. The molecule has 0 spiro atoms. The highest BCUT2D eigenvalue weighted by Gasteiger charge is 2.14. The number of pyridine rings is 1. The number of carbonyl (C=O) groups excluding carboxylic acids is 1. The van der Waals surface area contributed by atoms with E-state index in [0.29, 0.717) is 5.57 Å². The Kier molecular flexibility index (Phi) is 3.57. The van der Waals surface area contributed by atoms with Crippen molar-refractivity contribution in [3.63, 3.8) is 0 Å². The molecule has 0 bridgehead atoms. The third-order valence-corrected chi connectivity index (χ3v) is 2.61. The molecular formula is C14H15N2O2+. The van der Waals surface area contributed by atoms with Crippen LogP contribution in [0.25, 0.3) is 6.20 Å². The normalized spacial score (nSPS) is 16.7. The standard InChI is InChI=1S/C14H15N2O2/c1-15-10-12(14(17)18-2)6-7-13(15)11-16-8-4-3-5-9-16/h3-11H,1-2H3/q+1/b13-11-. The Bertz CT molecular complexity index is 530. The second-order valence-corrected chi connectivity index (χ2v) is 3.90. The fourth-order valence-electron chi connectivity index (χ4n) is 1.64. The van der Waals surface area contributed by atoms with Gasteiger partial charge in [0.05, 0.1) is 12.7 Å². The molecule has 1 aliphatic heterocycles. The van der Waals surface area contributed by atoms with Crippen LogP contribution in [-0.2, 0) is 9.53 Å². The molecule has 4 heteroatoms. The monoisotopic (exact) mass is 243 g/mol. The lowest BCUT2D eigenvalue weighted by Gasteiger charge is -2.18. The number of likely N-dealkylation sites (N-methyl/N-ethyl adjacent to an activating group) is 1. The average Bonchev–Trinajstić information content (AvgIpc) is 2.41. The lowest BCUT2D eigenvalue weighted by molar-refractivity contribution is -0.569. The van der Waals surface area contributed by atoms with Crippen molar-refractivity contribution >= 4 is 12.2 Å². The Hall–Kier alpha value is -2.36. The largest absolute Gasteiger partial charge is 0.465 e. The number of hydrogen-bond acceptors (Lipinski definition) is 3. The van der Waals surface area contributed by atoms with Gasteiger partial charge in [0.2, 0.25) is 0 Å². The minimum absolute atomic E-state index is 0.329. The first-order chi connectivity index (χ1) is 8.70. The van der Waals surface area contributed by atoms with Gasteiger partial charge in [-0.05, 0) is 12.2 Å². The van der Waals surface area contributed by atoms with Crippen LogP contribution in [0.3, 0.4) is 0 Å². The molecule has 92 valence electrons. The Morgan fingerprint density at radius 1 is 1.28 bits per heavy atom. The quantitative estimate of drug-likeness (QED) is 0.580. The summed E-state index contributed by atoms with van der Waals surface area (Å²) in [4.78, 5) is 13.3. The van der Waals surface area contributed by atoms with Crippen LogP contribution in [0, 0.1) is 0 Å². The van der Waals surface area contributed by atoms with Crippen LogP contribution in [0.4, 0.5) is 0 Å². The summed E-state index contributed by atoms with van der Waals surface area (Å²) in [5, 5.41) is 0. The van der Waals surface area contributed by atoms with E-state index in [0.717, 1.165) is 5.70 Å². The van der Waals surface area contributed by atoms with Gasteiger partial charge in [-0.15, -0.1) is 0 Å². The molecule has 2 heterocycles. The lowest BCUT2D eigenvalue weighted by atomic mass is 10.2. The number of esters is 1. The minimum atomic E-state index is -0.329. The van der Waals surface area contributed by atoms with E-state index in [1.807, 2.05) is 59.4 Å². The van der Waals surface area contributed by atoms with Crippen molar-refractivity contribution in [2.75, 3.05) is 14.2 Å². The zero-order chi connectivity index (χ0) is 13.0. The summed E-state index contributed by atoms with van der Waals surface area (Å²) >= 11 is 0. The van der Waals surface area contributed by atoms with Gasteiger partial charge in [0.15, 0.2) is 18.6 Å². The van der Waals surface area contributed by atoms with Crippen LogP contribution in [0.2, 0.25) is 0 Å². The molecule has 0 amide bonds. The zero-order valence-electron chi connectivity index (χ0n) is 10.4. The summed E-state index contributed by atoms with van der Waals surface area (Å²) in [5.74, 6) is -0.329.